The minimum atomic E-state index is -0.688. The van der Waals surface area contributed by atoms with E-state index in [0.29, 0.717) is 37.1 Å². The third-order valence-corrected chi connectivity index (χ3v) is 8.19. The van der Waals surface area contributed by atoms with Crippen LogP contribution in [0.3, 0.4) is 0 Å². The summed E-state index contributed by atoms with van der Waals surface area (Å²) in [6.45, 7) is 0.304. The zero-order chi connectivity index (χ0) is 31.0. The fourth-order valence-corrected chi connectivity index (χ4v) is 5.58. The summed E-state index contributed by atoms with van der Waals surface area (Å²) in [5, 5.41) is 13.6. The highest BCUT2D eigenvalue weighted by Crippen LogP contribution is 2.14. The number of nitrogens with one attached hydrogen (secondary N) is 4. The summed E-state index contributed by atoms with van der Waals surface area (Å²) in [7, 11) is 0. The van der Waals surface area contributed by atoms with Crippen LogP contribution in [0, 0.1) is 5.41 Å². The van der Waals surface area contributed by atoms with E-state index in [-0.39, 0.29) is 17.6 Å². The first kappa shape index (κ1) is 32.4. The van der Waals surface area contributed by atoms with E-state index in [1.165, 1.54) is 17.5 Å². The summed E-state index contributed by atoms with van der Waals surface area (Å²) in [5.74, 6) is 0.275. The highest BCUT2D eigenvalue weighted by molar-refractivity contribution is 7.96. The van der Waals surface area contributed by atoms with E-state index in [2.05, 4.69) is 44.6 Å². The lowest BCUT2D eigenvalue weighted by Gasteiger charge is -2.23. The van der Waals surface area contributed by atoms with E-state index >= 15 is 0 Å². The molecule has 0 aliphatic rings. The maximum atomic E-state index is 13.7. The van der Waals surface area contributed by atoms with E-state index in [0.717, 1.165) is 29.5 Å². The van der Waals surface area contributed by atoms with Gasteiger partial charge in [-0.2, -0.15) is 0 Å². The second-order valence-corrected chi connectivity index (χ2v) is 11.4. The number of rotatable bonds is 17. The monoisotopic (exact) mass is 608 g/mol. The van der Waals surface area contributed by atoms with Gasteiger partial charge in [0.2, 0.25) is 11.8 Å². The molecule has 0 bridgehead atoms. The average molecular weight is 609 g/mol. The number of carbonyl (C=O) groups excluding carboxylic acids is 2. The number of pyridine rings is 1. The molecule has 9 heteroatoms. The Labute approximate surface area is 263 Å². The molecule has 0 saturated carbocycles. The number of hydrogen-bond donors (Lipinski definition) is 5. The van der Waals surface area contributed by atoms with Crippen molar-refractivity contribution in [1.29, 1.82) is 5.41 Å². The first-order chi connectivity index (χ1) is 21.5. The number of amidine groups is 1. The van der Waals surface area contributed by atoms with Gasteiger partial charge in [0, 0.05) is 30.3 Å². The third-order valence-electron chi connectivity index (χ3n) is 7.26. The van der Waals surface area contributed by atoms with Gasteiger partial charge in [-0.15, -0.1) is 0 Å². The fraction of sp³-hybridized carbons (Fsp3) is 0.257. The van der Waals surface area contributed by atoms with Crippen LogP contribution < -0.4 is 21.1 Å². The van der Waals surface area contributed by atoms with Gasteiger partial charge in [0.05, 0.1) is 6.04 Å². The van der Waals surface area contributed by atoms with Crippen molar-refractivity contribution in [3.05, 3.63) is 137 Å². The molecule has 0 saturated heterocycles. The summed E-state index contributed by atoms with van der Waals surface area (Å²) >= 11 is 1.49. The number of aryl methyl sites for hydroxylation is 2. The fourth-order valence-electron chi connectivity index (χ4n) is 4.71. The number of nitrogens with zero attached hydrogens (tertiary/aromatic N) is 1. The van der Waals surface area contributed by atoms with Crippen LogP contribution >= 0.6 is 11.9 Å². The van der Waals surface area contributed by atoms with Gasteiger partial charge in [0.25, 0.3) is 0 Å². The minimum Gasteiger partial charge on any atom is -0.384 e. The highest BCUT2D eigenvalue weighted by atomic mass is 32.2. The van der Waals surface area contributed by atoms with Crippen molar-refractivity contribution >= 4 is 29.6 Å². The van der Waals surface area contributed by atoms with Crippen molar-refractivity contribution in [3.63, 3.8) is 0 Å². The molecule has 4 aromatic rings. The lowest BCUT2D eigenvalue weighted by Crippen LogP contribution is -2.52. The number of benzene rings is 3. The number of amides is 2. The summed E-state index contributed by atoms with van der Waals surface area (Å²) in [6.07, 6.45) is 6.83. The highest BCUT2D eigenvalue weighted by Gasteiger charge is 2.25. The Kier molecular flexibility index (Phi) is 13.0. The SMILES string of the molecule is N=C(N)c1ccc(CNC(=O)C(CCCc2ccccc2)NC(=O)C(CCc2ccncc2)NSCc2ccccc2)cc1. The smallest absolute Gasteiger partial charge is 0.242 e. The summed E-state index contributed by atoms with van der Waals surface area (Å²) < 4.78 is 3.37. The molecule has 6 N–H and O–H groups in total. The van der Waals surface area contributed by atoms with Crippen molar-refractivity contribution < 1.29 is 9.59 Å². The van der Waals surface area contributed by atoms with Gasteiger partial charge >= 0.3 is 0 Å². The predicted molar refractivity (Wildman–Crippen MR) is 178 cm³/mol. The summed E-state index contributed by atoms with van der Waals surface area (Å²) in [6, 6.07) is 30.1. The van der Waals surface area contributed by atoms with Crippen LogP contribution in [0.15, 0.2) is 109 Å². The van der Waals surface area contributed by atoms with Crippen molar-refractivity contribution in [2.45, 2.75) is 56.5 Å². The predicted octanol–water partition coefficient (Wildman–Crippen LogP) is 4.93. The Bertz CT molecular complexity index is 1450. The Hall–Kier alpha value is -4.47. The average Bonchev–Trinajstić information content (AvgIpc) is 3.06. The molecule has 2 unspecified atom stereocenters. The molecule has 0 aliphatic carbocycles. The molecule has 4 rings (SSSR count). The van der Waals surface area contributed by atoms with Gasteiger partial charge in [-0.3, -0.25) is 24.7 Å². The van der Waals surface area contributed by atoms with Crippen LogP contribution in [0.5, 0.6) is 0 Å². The van der Waals surface area contributed by atoms with Crippen LogP contribution in [0.1, 0.15) is 47.1 Å². The largest absolute Gasteiger partial charge is 0.384 e. The molecular formula is C35H40N6O2S. The second kappa shape index (κ2) is 17.6. The van der Waals surface area contributed by atoms with Gasteiger partial charge in [-0.05, 0) is 66.5 Å². The second-order valence-electron chi connectivity index (χ2n) is 10.6. The number of carbonyl (C=O) groups is 2. The molecule has 2 atom stereocenters. The third kappa shape index (κ3) is 11.0. The normalized spacial score (nSPS) is 12.2. The quantitative estimate of drug-likeness (QED) is 0.0656. The number of nitrogens with two attached hydrogens (primary N) is 1. The Morgan fingerprint density at radius 3 is 2.02 bits per heavy atom. The molecule has 0 fully saturated rings. The summed E-state index contributed by atoms with van der Waals surface area (Å²) in [4.78, 5) is 31.3. The van der Waals surface area contributed by atoms with Crippen LogP contribution in [-0.4, -0.2) is 34.7 Å². The van der Waals surface area contributed by atoms with Crippen molar-refractivity contribution in [1.82, 2.24) is 20.3 Å². The lowest BCUT2D eigenvalue weighted by atomic mass is 10.0. The Balaban J connectivity index is 1.41. The topological polar surface area (TPSA) is 133 Å². The molecule has 3 aromatic carbocycles. The first-order valence-corrected chi connectivity index (χ1v) is 15.8. The maximum Gasteiger partial charge on any atom is 0.242 e. The Morgan fingerprint density at radius 1 is 0.727 bits per heavy atom. The number of aromatic nitrogens is 1. The molecule has 44 heavy (non-hydrogen) atoms. The molecule has 1 heterocycles. The first-order valence-electron chi connectivity index (χ1n) is 14.8. The van der Waals surface area contributed by atoms with Gasteiger partial charge < -0.3 is 16.4 Å². The molecule has 228 valence electrons. The van der Waals surface area contributed by atoms with E-state index in [1.807, 2.05) is 60.7 Å². The van der Waals surface area contributed by atoms with E-state index in [4.69, 9.17) is 11.1 Å². The van der Waals surface area contributed by atoms with Gasteiger partial charge in [0.1, 0.15) is 11.9 Å². The van der Waals surface area contributed by atoms with Crippen LogP contribution in [0.4, 0.5) is 0 Å². The molecule has 0 radical (unpaired) electrons. The van der Waals surface area contributed by atoms with E-state index in [1.54, 1.807) is 24.5 Å². The zero-order valence-electron chi connectivity index (χ0n) is 24.7. The molecule has 0 aliphatic heterocycles. The van der Waals surface area contributed by atoms with E-state index in [9.17, 15) is 9.59 Å². The van der Waals surface area contributed by atoms with Crippen molar-refractivity contribution in [2.75, 3.05) is 0 Å². The van der Waals surface area contributed by atoms with Crippen molar-refractivity contribution in [2.24, 2.45) is 5.73 Å². The van der Waals surface area contributed by atoms with Gasteiger partial charge in [0.15, 0.2) is 0 Å². The molecule has 0 spiro atoms. The standard InChI is InChI=1S/C35H40N6O2S/c36-33(37)30-17-14-28(15-18-30)24-39-34(42)31(13-7-12-26-8-3-1-4-9-26)40-35(43)32(19-16-27-20-22-38-23-21-27)41-44-25-29-10-5-2-6-11-29/h1-6,8-11,14-15,17-18,20-23,31-32,41H,7,12-13,16,19,24-25H2,(H3,36,37)(H,39,42)(H,40,43). The van der Waals surface area contributed by atoms with E-state index < -0.39 is 12.1 Å². The zero-order valence-corrected chi connectivity index (χ0v) is 25.6. The maximum absolute atomic E-state index is 13.7. The van der Waals surface area contributed by atoms with Gasteiger partial charge in [-0.1, -0.05) is 96.9 Å². The minimum absolute atomic E-state index is 0.00388. The summed E-state index contributed by atoms with van der Waals surface area (Å²) in [5.41, 5.74) is 10.5. The van der Waals surface area contributed by atoms with Crippen molar-refractivity contribution in [3.8, 4) is 0 Å². The molecular weight excluding hydrogens is 568 g/mol. The molecule has 8 nitrogen and oxygen atoms in total. The Morgan fingerprint density at radius 2 is 1.36 bits per heavy atom. The lowest BCUT2D eigenvalue weighted by molar-refractivity contribution is -0.130. The van der Waals surface area contributed by atoms with Gasteiger partial charge in [-0.25, -0.2) is 0 Å². The van der Waals surface area contributed by atoms with Crippen LogP contribution in [-0.2, 0) is 34.7 Å². The van der Waals surface area contributed by atoms with Crippen LogP contribution in [0.2, 0.25) is 0 Å². The van der Waals surface area contributed by atoms with Crippen LogP contribution in [0.25, 0.3) is 0 Å². The number of hydrogen-bond acceptors (Lipinski definition) is 6. The molecule has 2 amide bonds. The molecule has 1 aromatic heterocycles. The number of nitrogen functional groups attached to an aromatic ring is 1.